The van der Waals surface area contributed by atoms with Crippen molar-refractivity contribution in [1.29, 1.82) is 0 Å². The van der Waals surface area contributed by atoms with Crippen LogP contribution >= 0.6 is 0 Å². The molecule has 9 heteroatoms. The molecule has 2 aromatic rings. The van der Waals surface area contributed by atoms with Gasteiger partial charge in [-0.15, -0.1) is 0 Å². The fourth-order valence-corrected chi connectivity index (χ4v) is 2.41. The Labute approximate surface area is 150 Å². The molecule has 0 radical (unpaired) electrons. The maximum absolute atomic E-state index is 14.4. The quantitative estimate of drug-likeness (QED) is 0.618. The lowest BCUT2D eigenvalue weighted by atomic mass is 10.1. The summed E-state index contributed by atoms with van der Waals surface area (Å²) in [6.07, 6.45) is 4.77. The Hall–Kier alpha value is -2.65. The molecule has 2 rings (SSSR count). The van der Waals surface area contributed by atoms with E-state index in [-0.39, 0.29) is 29.2 Å². The number of hydrazine groups is 1. The molecule has 0 aromatic carbocycles. The highest BCUT2D eigenvalue weighted by Gasteiger charge is 2.23. The predicted octanol–water partition coefficient (Wildman–Crippen LogP) is 2.01. The van der Waals surface area contributed by atoms with E-state index in [4.69, 9.17) is 11.5 Å². The Morgan fingerprint density at radius 1 is 1.31 bits per heavy atom. The molecule has 0 spiro atoms. The average molecular weight is 364 g/mol. The van der Waals surface area contributed by atoms with Crippen LogP contribution in [-0.4, -0.2) is 28.0 Å². The van der Waals surface area contributed by atoms with Gasteiger partial charge < -0.3 is 11.5 Å². The van der Waals surface area contributed by atoms with Crippen LogP contribution in [0.15, 0.2) is 30.7 Å². The van der Waals surface area contributed by atoms with Gasteiger partial charge in [-0.25, -0.2) is 19.2 Å². The minimum absolute atomic E-state index is 0.147. The van der Waals surface area contributed by atoms with Gasteiger partial charge in [-0.3, -0.25) is 14.8 Å². The number of amides is 1. The summed E-state index contributed by atoms with van der Waals surface area (Å²) in [5.74, 6) is -2.56. The normalized spacial score (nSPS) is 13.3. The van der Waals surface area contributed by atoms with Crippen molar-refractivity contribution in [2.45, 2.75) is 38.8 Å². The summed E-state index contributed by atoms with van der Waals surface area (Å²) in [5, 5.41) is 1.28. The van der Waals surface area contributed by atoms with Gasteiger partial charge >= 0.3 is 0 Å². The summed E-state index contributed by atoms with van der Waals surface area (Å²) in [6.45, 7) is 3.81. The number of pyridine rings is 2. The smallest absolute Gasteiger partial charge is 0.250 e. The molecule has 5 N–H and O–H groups in total. The second kappa shape index (κ2) is 8.63. The van der Waals surface area contributed by atoms with Crippen molar-refractivity contribution in [1.82, 2.24) is 15.4 Å². The first-order chi connectivity index (χ1) is 12.3. The third-order valence-corrected chi connectivity index (χ3v) is 3.85. The summed E-state index contributed by atoms with van der Waals surface area (Å²) < 4.78 is 28.0. The predicted molar refractivity (Wildman–Crippen MR) is 94.5 cm³/mol. The molecule has 2 aromatic heterocycles. The number of rotatable bonds is 8. The lowest BCUT2D eigenvalue weighted by molar-refractivity contribution is 0.1000. The number of anilines is 2. The maximum atomic E-state index is 14.4. The molecule has 2 atom stereocenters. The van der Waals surface area contributed by atoms with Crippen molar-refractivity contribution in [2.75, 3.05) is 5.01 Å². The van der Waals surface area contributed by atoms with E-state index in [2.05, 4.69) is 15.4 Å². The van der Waals surface area contributed by atoms with Crippen LogP contribution in [0, 0.1) is 11.6 Å². The number of carbonyl (C=O) groups is 1. The molecule has 0 fully saturated rings. The molecular weight excluding hydrogens is 342 g/mol. The summed E-state index contributed by atoms with van der Waals surface area (Å²) >= 11 is 0. The molecule has 0 bridgehead atoms. The van der Waals surface area contributed by atoms with Gasteiger partial charge in [0.15, 0.2) is 11.6 Å². The molecule has 2 heterocycles. The molecule has 0 saturated heterocycles. The fourth-order valence-electron chi connectivity index (χ4n) is 2.41. The molecular formula is C17H22F2N6O. The molecule has 0 aliphatic carbocycles. The van der Waals surface area contributed by atoms with Crippen LogP contribution < -0.4 is 21.9 Å². The molecule has 7 nitrogen and oxygen atoms in total. The van der Waals surface area contributed by atoms with Crippen LogP contribution in [0.5, 0.6) is 0 Å². The van der Waals surface area contributed by atoms with Crippen LogP contribution in [0.3, 0.4) is 0 Å². The molecule has 26 heavy (non-hydrogen) atoms. The van der Waals surface area contributed by atoms with Crippen LogP contribution in [0.2, 0.25) is 0 Å². The third kappa shape index (κ3) is 4.50. The van der Waals surface area contributed by atoms with Crippen LogP contribution in [0.1, 0.15) is 37.0 Å². The number of aromatic nitrogens is 2. The highest BCUT2D eigenvalue weighted by molar-refractivity contribution is 5.92. The standard InChI is InChI=1S/C17H22F2N6O/c1-3-4-13(10(2)20)24-25(14-9-22-8-12(18)16(14)19)15-6-5-11(7-23-15)17(21)26/h5-10,13,24H,3-4,20H2,1-2H3,(H2,21,26)/t10-,13+/m0/s1. The zero-order chi connectivity index (χ0) is 19.3. The van der Waals surface area contributed by atoms with E-state index in [1.165, 1.54) is 29.5 Å². The van der Waals surface area contributed by atoms with Gasteiger partial charge in [0.05, 0.1) is 18.0 Å². The molecule has 0 saturated carbocycles. The highest BCUT2D eigenvalue weighted by Crippen LogP contribution is 2.26. The zero-order valence-corrected chi connectivity index (χ0v) is 14.6. The average Bonchev–Trinajstić information content (AvgIpc) is 2.61. The van der Waals surface area contributed by atoms with E-state index in [1.54, 1.807) is 0 Å². The van der Waals surface area contributed by atoms with E-state index in [0.717, 1.165) is 12.6 Å². The van der Waals surface area contributed by atoms with Crippen LogP contribution in [-0.2, 0) is 0 Å². The molecule has 0 aliphatic heterocycles. The Morgan fingerprint density at radius 3 is 2.58 bits per heavy atom. The van der Waals surface area contributed by atoms with Crippen LogP contribution in [0.4, 0.5) is 20.3 Å². The number of halogens is 2. The molecule has 1 amide bonds. The van der Waals surface area contributed by atoms with E-state index < -0.39 is 17.5 Å². The number of nitrogens with zero attached hydrogens (tertiary/aromatic N) is 3. The molecule has 0 unspecified atom stereocenters. The van der Waals surface area contributed by atoms with Crippen molar-refractivity contribution in [3.8, 4) is 0 Å². The van der Waals surface area contributed by atoms with Gasteiger partial charge in [0.1, 0.15) is 11.5 Å². The minimum Gasteiger partial charge on any atom is -0.366 e. The molecule has 0 aliphatic rings. The van der Waals surface area contributed by atoms with E-state index in [0.29, 0.717) is 6.42 Å². The Bertz CT molecular complexity index is 753. The highest BCUT2D eigenvalue weighted by atomic mass is 19.2. The SMILES string of the molecule is CCC[C@@H](NN(c1ccc(C(N)=O)cn1)c1cncc(F)c1F)[C@H](C)N. The first-order valence-corrected chi connectivity index (χ1v) is 8.21. The van der Waals surface area contributed by atoms with Crippen LogP contribution in [0.25, 0.3) is 0 Å². The first kappa shape index (κ1) is 19.7. The lowest BCUT2D eigenvalue weighted by Crippen LogP contribution is -2.50. The monoisotopic (exact) mass is 364 g/mol. The summed E-state index contributed by atoms with van der Waals surface area (Å²) in [6, 6.07) is 2.44. The van der Waals surface area contributed by atoms with Gasteiger partial charge in [0.2, 0.25) is 5.91 Å². The summed E-state index contributed by atoms with van der Waals surface area (Å²) in [4.78, 5) is 19.1. The number of primary amides is 1. The Balaban J connectivity index is 2.47. The van der Waals surface area contributed by atoms with E-state index in [1.807, 2.05) is 13.8 Å². The summed E-state index contributed by atoms with van der Waals surface area (Å²) in [5.41, 5.74) is 14.4. The number of carbonyl (C=O) groups excluding carboxylic acids is 1. The largest absolute Gasteiger partial charge is 0.366 e. The number of hydrogen-bond acceptors (Lipinski definition) is 6. The fraction of sp³-hybridized carbons (Fsp3) is 0.353. The maximum Gasteiger partial charge on any atom is 0.250 e. The Morgan fingerprint density at radius 2 is 2.04 bits per heavy atom. The minimum atomic E-state index is -1.09. The second-order valence-corrected chi connectivity index (χ2v) is 5.94. The zero-order valence-electron chi connectivity index (χ0n) is 14.6. The van der Waals surface area contributed by atoms with Crippen molar-refractivity contribution < 1.29 is 13.6 Å². The van der Waals surface area contributed by atoms with Gasteiger partial charge in [-0.2, -0.15) is 0 Å². The number of hydrogen-bond donors (Lipinski definition) is 3. The number of nitrogens with one attached hydrogen (secondary N) is 1. The van der Waals surface area contributed by atoms with Gasteiger partial charge in [-0.05, 0) is 25.5 Å². The lowest BCUT2D eigenvalue weighted by Gasteiger charge is -2.31. The van der Waals surface area contributed by atoms with Gasteiger partial charge in [-0.1, -0.05) is 13.3 Å². The van der Waals surface area contributed by atoms with E-state index >= 15 is 0 Å². The first-order valence-electron chi connectivity index (χ1n) is 8.21. The Kier molecular flexibility index (Phi) is 6.53. The summed E-state index contributed by atoms with van der Waals surface area (Å²) in [7, 11) is 0. The van der Waals surface area contributed by atoms with Crippen molar-refractivity contribution in [3.63, 3.8) is 0 Å². The van der Waals surface area contributed by atoms with Gasteiger partial charge in [0, 0.05) is 18.3 Å². The second-order valence-electron chi connectivity index (χ2n) is 5.94. The van der Waals surface area contributed by atoms with Crippen molar-refractivity contribution >= 4 is 17.4 Å². The van der Waals surface area contributed by atoms with Crippen molar-refractivity contribution in [3.05, 3.63) is 47.9 Å². The third-order valence-electron chi connectivity index (χ3n) is 3.85. The topological polar surface area (TPSA) is 110 Å². The van der Waals surface area contributed by atoms with Crippen molar-refractivity contribution in [2.24, 2.45) is 11.5 Å². The number of nitrogens with two attached hydrogens (primary N) is 2. The van der Waals surface area contributed by atoms with Gasteiger partial charge in [0.25, 0.3) is 0 Å². The van der Waals surface area contributed by atoms with E-state index in [9.17, 15) is 13.6 Å². The molecule has 140 valence electrons.